The number of carbonyl (C=O) groups is 1. The second kappa shape index (κ2) is 8.67. The Morgan fingerprint density at radius 2 is 1.88 bits per heavy atom. The summed E-state index contributed by atoms with van der Waals surface area (Å²) in [6.07, 6.45) is 4.24. The summed E-state index contributed by atoms with van der Waals surface area (Å²) in [4.78, 5) is 21.3. The summed E-state index contributed by atoms with van der Waals surface area (Å²) >= 11 is 0. The lowest BCUT2D eigenvalue weighted by molar-refractivity contribution is 0.0954. The lowest BCUT2D eigenvalue weighted by Crippen LogP contribution is -2.44. The lowest BCUT2D eigenvalue weighted by atomic mass is 10.1. The summed E-state index contributed by atoms with van der Waals surface area (Å²) in [7, 11) is 3.78. The van der Waals surface area contributed by atoms with Crippen molar-refractivity contribution in [2.24, 2.45) is 0 Å². The highest BCUT2D eigenvalue weighted by molar-refractivity contribution is 5.94. The second-order valence-corrected chi connectivity index (χ2v) is 6.58. The number of likely N-dealkylation sites (N-methyl/N-ethyl adjacent to an activating group) is 1. The summed E-state index contributed by atoms with van der Waals surface area (Å²) in [5.41, 5.74) is 2.78. The van der Waals surface area contributed by atoms with Gasteiger partial charge in [-0.3, -0.25) is 9.78 Å². The Bertz CT molecular complexity index is 725. The maximum absolute atomic E-state index is 12.4. The van der Waals surface area contributed by atoms with Gasteiger partial charge < -0.3 is 19.9 Å². The Hall–Kier alpha value is -2.60. The van der Waals surface area contributed by atoms with Crippen molar-refractivity contribution < 1.29 is 9.53 Å². The lowest BCUT2D eigenvalue weighted by Gasteiger charge is -2.33. The van der Waals surface area contributed by atoms with Crippen LogP contribution < -0.4 is 15.0 Å². The number of pyridine rings is 1. The van der Waals surface area contributed by atoms with E-state index in [0.717, 1.165) is 49.6 Å². The molecule has 0 saturated carbocycles. The van der Waals surface area contributed by atoms with E-state index in [2.05, 4.69) is 27.1 Å². The molecule has 2 aromatic rings. The monoisotopic (exact) mass is 354 g/mol. The molecule has 2 heterocycles. The molecule has 138 valence electrons. The normalized spacial score (nSPS) is 14.9. The number of hydrogen-bond acceptors (Lipinski definition) is 5. The third-order valence-corrected chi connectivity index (χ3v) is 4.71. The molecule has 26 heavy (non-hydrogen) atoms. The van der Waals surface area contributed by atoms with Gasteiger partial charge in [-0.15, -0.1) is 0 Å². The largest absolute Gasteiger partial charge is 0.497 e. The third-order valence-electron chi connectivity index (χ3n) is 4.71. The molecule has 1 N–H and O–H groups in total. The molecule has 0 spiro atoms. The number of methoxy groups -OCH3 is 1. The fraction of sp³-hybridized carbons (Fsp3) is 0.400. The second-order valence-electron chi connectivity index (χ2n) is 6.58. The number of aromatic nitrogens is 1. The number of benzene rings is 1. The Morgan fingerprint density at radius 1 is 1.15 bits per heavy atom. The fourth-order valence-corrected chi connectivity index (χ4v) is 3.00. The van der Waals surface area contributed by atoms with Crippen LogP contribution in [-0.4, -0.2) is 62.7 Å². The number of anilines is 1. The number of piperazine rings is 1. The quantitative estimate of drug-likeness (QED) is 0.857. The smallest absolute Gasteiger partial charge is 0.252 e. The molecule has 0 bridgehead atoms. The van der Waals surface area contributed by atoms with Crippen molar-refractivity contribution >= 4 is 11.6 Å². The van der Waals surface area contributed by atoms with Gasteiger partial charge in [-0.25, -0.2) is 0 Å². The first-order valence-electron chi connectivity index (χ1n) is 8.95. The standard InChI is InChI=1S/C20H26N4O2/c1-23-9-11-24(12-10-23)18-13-17(14-21-15-18)20(25)22-8-7-16-3-5-19(26-2)6-4-16/h3-6,13-15H,7-12H2,1-2H3,(H,22,25). The maximum atomic E-state index is 12.4. The number of nitrogens with one attached hydrogen (secondary N) is 1. The maximum Gasteiger partial charge on any atom is 0.252 e. The van der Waals surface area contributed by atoms with Crippen LogP contribution in [-0.2, 0) is 6.42 Å². The summed E-state index contributed by atoms with van der Waals surface area (Å²) in [5, 5.41) is 2.98. The van der Waals surface area contributed by atoms with Crippen molar-refractivity contribution in [3.63, 3.8) is 0 Å². The van der Waals surface area contributed by atoms with Crippen LogP contribution in [0.2, 0.25) is 0 Å². The van der Waals surface area contributed by atoms with E-state index in [9.17, 15) is 4.79 Å². The number of carbonyl (C=O) groups excluding carboxylic acids is 1. The molecule has 3 rings (SSSR count). The summed E-state index contributed by atoms with van der Waals surface area (Å²) in [6, 6.07) is 9.82. The van der Waals surface area contributed by atoms with E-state index in [4.69, 9.17) is 4.74 Å². The van der Waals surface area contributed by atoms with Gasteiger partial charge in [0.1, 0.15) is 5.75 Å². The van der Waals surface area contributed by atoms with Crippen LogP contribution in [0.3, 0.4) is 0 Å². The zero-order valence-corrected chi connectivity index (χ0v) is 15.4. The Morgan fingerprint density at radius 3 is 2.58 bits per heavy atom. The van der Waals surface area contributed by atoms with Crippen molar-refractivity contribution in [1.29, 1.82) is 0 Å². The minimum absolute atomic E-state index is 0.0815. The van der Waals surface area contributed by atoms with E-state index in [1.165, 1.54) is 0 Å². The van der Waals surface area contributed by atoms with Gasteiger partial charge in [-0.2, -0.15) is 0 Å². The molecule has 6 heteroatoms. The number of amides is 1. The summed E-state index contributed by atoms with van der Waals surface area (Å²) < 4.78 is 5.15. The van der Waals surface area contributed by atoms with Gasteiger partial charge in [-0.1, -0.05) is 12.1 Å². The molecule has 0 radical (unpaired) electrons. The van der Waals surface area contributed by atoms with Crippen LogP contribution >= 0.6 is 0 Å². The molecular formula is C20H26N4O2. The zero-order chi connectivity index (χ0) is 18.4. The van der Waals surface area contributed by atoms with Gasteiger partial charge in [-0.05, 0) is 37.2 Å². The highest BCUT2D eigenvalue weighted by Gasteiger charge is 2.16. The van der Waals surface area contributed by atoms with E-state index in [-0.39, 0.29) is 5.91 Å². The third kappa shape index (κ3) is 4.73. The molecule has 1 aromatic carbocycles. The molecule has 1 aliphatic heterocycles. The molecule has 1 saturated heterocycles. The van der Waals surface area contributed by atoms with E-state index in [0.29, 0.717) is 12.1 Å². The van der Waals surface area contributed by atoms with Gasteiger partial charge in [0.15, 0.2) is 0 Å². The minimum atomic E-state index is -0.0815. The molecular weight excluding hydrogens is 328 g/mol. The predicted octanol–water partition coefficient (Wildman–Crippen LogP) is 1.81. The van der Waals surface area contributed by atoms with E-state index in [1.807, 2.05) is 36.5 Å². The first-order chi connectivity index (χ1) is 12.7. The first kappa shape index (κ1) is 18.2. The Balaban J connectivity index is 1.53. The van der Waals surface area contributed by atoms with Crippen LogP contribution in [0, 0.1) is 0 Å². The van der Waals surface area contributed by atoms with Crippen LogP contribution in [0.1, 0.15) is 15.9 Å². The number of ether oxygens (including phenoxy) is 1. The summed E-state index contributed by atoms with van der Waals surface area (Å²) in [6.45, 7) is 4.56. The molecule has 1 aliphatic rings. The van der Waals surface area contributed by atoms with Gasteiger partial charge in [0.2, 0.25) is 0 Å². The Kier molecular flexibility index (Phi) is 6.07. The van der Waals surface area contributed by atoms with Gasteiger partial charge in [0.25, 0.3) is 5.91 Å². The van der Waals surface area contributed by atoms with Gasteiger partial charge >= 0.3 is 0 Å². The van der Waals surface area contributed by atoms with E-state index >= 15 is 0 Å². The number of hydrogen-bond donors (Lipinski definition) is 1. The zero-order valence-electron chi connectivity index (χ0n) is 15.4. The predicted molar refractivity (Wildman–Crippen MR) is 103 cm³/mol. The molecule has 6 nitrogen and oxygen atoms in total. The average molecular weight is 354 g/mol. The van der Waals surface area contributed by atoms with Crippen molar-refractivity contribution in [1.82, 2.24) is 15.2 Å². The van der Waals surface area contributed by atoms with Crippen LogP contribution in [0.15, 0.2) is 42.7 Å². The van der Waals surface area contributed by atoms with Crippen LogP contribution in [0.25, 0.3) is 0 Å². The molecule has 0 unspecified atom stereocenters. The summed E-state index contributed by atoms with van der Waals surface area (Å²) in [5.74, 6) is 0.756. The number of rotatable bonds is 6. The van der Waals surface area contributed by atoms with Crippen molar-refractivity contribution in [3.05, 3.63) is 53.9 Å². The molecule has 1 fully saturated rings. The van der Waals surface area contributed by atoms with Crippen molar-refractivity contribution in [3.8, 4) is 5.75 Å². The highest BCUT2D eigenvalue weighted by atomic mass is 16.5. The average Bonchev–Trinajstić information content (AvgIpc) is 2.69. The minimum Gasteiger partial charge on any atom is -0.497 e. The molecule has 1 aromatic heterocycles. The molecule has 1 amide bonds. The van der Waals surface area contributed by atoms with E-state index in [1.54, 1.807) is 13.3 Å². The van der Waals surface area contributed by atoms with E-state index < -0.39 is 0 Å². The first-order valence-corrected chi connectivity index (χ1v) is 8.95. The topological polar surface area (TPSA) is 57.7 Å². The number of nitrogens with zero attached hydrogens (tertiary/aromatic N) is 3. The van der Waals surface area contributed by atoms with Crippen LogP contribution in [0.5, 0.6) is 5.75 Å². The molecule has 0 atom stereocenters. The van der Waals surface area contributed by atoms with Crippen molar-refractivity contribution in [2.75, 3.05) is 51.8 Å². The van der Waals surface area contributed by atoms with Crippen molar-refractivity contribution in [2.45, 2.75) is 6.42 Å². The van der Waals surface area contributed by atoms with Gasteiger partial charge in [0.05, 0.1) is 24.6 Å². The highest BCUT2D eigenvalue weighted by Crippen LogP contribution is 2.16. The molecule has 0 aliphatic carbocycles. The Labute approximate surface area is 154 Å². The SMILES string of the molecule is COc1ccc(CCNC(=O)c2cncc(N3CCN(C)CC3)c2)cc1. The van der Waals surface area contributed by atoms with Gasteiger partial charge in [0, 0.05) is 38.9 Å². The van der Waals surface area contributed by atoms with Crippen LogP contribution in [0.4, 0.5) is 5.69 Å². The fourth-order valence-electron chi connectivity index (χ4n) is 3.00.